The van der Waals surface area contributed by atoms with Gasteiger partial charge in [0, 0.05) is 5.39 Å². The molecule has 1 amide bonds. The highest BCUT2D eigenvalue weighted by atomic mass is 35.5. The van der Waals surface area contributed by atoms with Crippen molar-refractivity contribution in [1.82, 2.24) is 5.32 Å². The van der Waals surface area contributed by atoms with Crippen molar-refractivity contribution >= 4 is 28.5 Å². The number of carbonyl (C=O) groups is 1. The van der Waals surface area contributed by atoms with E-state index < -0.39 is 23.6 Å². The van der Waals surface area contributed by atoms with E-state index in [2.05, 4.69) is 5.32 Å². The normalized spacial score (nSPS) is 12.3. The van der Waals surface area contributed by atoms with Crippen LogP contribution in [-0.2, 0) is 0 Å². The van der Waals surface area contributed by atoms with Crippen molar-refractivity contribution in [2.45, 2.75) is 13.0 Å². The monoisotopic (exact) mass is 335 g/mol. The Labute approximate surface area is 135 Å². The molecule has 0 aliphatic carbocycles. The molecule has 1 atom stereocenters. The summed E-state index contributed by atoms with van der Waals surface area (Å²) in [4.78, 5) is 12.2. The number of amides is 1. The topological polar surface area (TPSA) is 42.2 Å². The predicted octanol–water partition coefficient (Wildman–Crippen LogP) is 4.86. The second-order valence-corrected chi connectivity index (χ2v) is 5.54. The Morgan fingerprint density at radius 3 is 2.61 bits per heavy atom. The number of halogens is 3. The van der Waals surface area contributed by atoms with Crippen molar-refractivity contribution in [3.05, 3.63) is 70.4 Å². The van der Waals surface area contributed by atoms with E-state index in [0.717, 1.165) is 17.5 Å². The summed E-state index contributed by atoms with van der Waals surface area (Å²) in [6.45, 7) is 1.73. The van der Waals surface area contributed by atoms with Crippen LogP contribution in [0.5, 0.6) is 0 Å². The zero-order chi connectivity index (χ0) is 16.6. The number of benzene rings is 2. The summed E-state index contributed by atoms with van der Waals surface area (Å²) in [5.74, 6) is -2.28. The molecule has 0 saturated carbocycles. The highest BCUT2D eigenvalue weighted by Gasteiger charge is 2.19. The van der Waals surface area contributed by atoms with Crippen LogP contribution in [0.4, 0.5) is 8.78 Å². The van der Waals surface area contributed by atoms with E-state index in [1.165, 1.54) is 0 Å². The lowest BCUT2D eigenvalue weighted by molar-refractivity contribution is 0.0935. The predicted molar refractivity (Wildman–Crippen MR) is 83.5 cm³/mol. The van der Waals surface area contributed by atoms with Gasteiger partial charge in [0.15, 0.2) is 11.6 Å². The second kappa shape index (κ2) is 6.01. The smallest absolute Gasteiger partial charge is 0.253 e. The summed E-state index contributed by atoms with van der Waals surface area (Å²) < 4.78 is 32.0. The van der Waals surface area contributed by atoms with Gasteiger partial charge in [-0.2, -0.15) is 0 Å². The van der Waals surface area contributed by atoms with E-state index in [9.17, 15) is 13.6 Å². The van der Waals surface area contributed by atoms with Crippen LogP contribution in [0.3, 0.4) is 0 Å². The van der Waals surface area contributed by atoms with Crippen LogP contribution in [0.1, 0.15) is 29.1 Å². The van der Waals surface area contributed by atoms with Crippen molar-refractivity contribution in [2.75, 3.05) is 0 Å². The molecule has 1 N–H and O–H groups in total. The van der Waals surface area contributed by atoms with Gasteiger partial charge in [0.25, 0.3) is 5.91 Å². The molecule has 0 fully saturated rings. The van der Waals surface area contributed by atoms with E-state index in [1.807, 2.05) is 30.3 Å². The van der Waals surface area contributed by atoms with Gasteiger partial charge in [0.05, 0.1) is 16.6 Å². The van der Waals surface area contributed by atoms with E-state index in [-0.39, 0.29) is 10.6 Å². The Bertz CT molecular complexity index is 858. The standard InChI is InChI=1S/C17H12ClF2NO2/c1-9(16-6-10-4-2-3-5-15(10)23-16)21-17(22)11-7-13(19)14(20)8-12(11)18/h2-9H,1H3,(H,21,22). The first-order valence-electron chi connectivity index (χ1n) is 6.89. The summed E-state index contributed by atoms with van der Waals surface area (Å²) in [6, 6.07) is 10.3. The molecular weight excluding hydrogens is 324 g/mol. The van der Waals surface area contributed by atoms with Crippen molar-refractivity contribution in [3.8, 4) is 0 Å². The summed E-state index contributed by atoms with van der Waals surface area (Å²) in [5, 5.41) is 3.41. The number of fused-ring (bicyclic) bond motifs is 1. The van der Waals surface area contributed by atoms with Crippen molar-refractivity contribution < 1.29 is 18.0 Å². The zero-order valence-electron chi connectivity index (χ0n) is 12.1. The van der Waals surface area contributed by atoms with Gasteiger partial charge >= 0.3 is 0 Å². The molecule has 3 aromatic rings. The molecule has 0 bridgehead atoms. The fraction of sp³-hybridized carbons (Fsp3) is 0.118. The lowest BCUT2D eigenvalue weighted by Crippen LogP contribution is -2.26. The van der Waals surface area contributed by atoms with Gasteiger partial charge < -0.3 is 9.73 Å². The van der Waals surface area contributed by atoms with Gasteiger partial charge in [-0.25, -0.2) is 8.78 Å². The largest absolute Gasteiger partial charge is 0.459 e. The van der Waals surface area contributed by atoms with Crippen LogP contribution in [0.2, 0.25) is 5.02 Å². The summed E-state index contributed by atoms with van der Waals surface area (Å²) in [7, 11) is 0. The lowest BCUT2D eigenvalue weighted by atomic mass is 10.1. The van der Waals surface area contributed by atoms with Crippen molar-refractivity contribution in [2.24, 2.45) is 0 Å². The Morgan fingerprint density at radius 2 is 1.87 bits per heavy atom. The number of hydrogen-bond donors (Lipinski definition) is 1. The first-order valence-corrected chi connectivity index (χ1v) is 7.27. The molecular formula is C17H12ClF2NO2. The Kier molecular flexibility index (Phi) is 4.05. The SMILES string of the molecule is CC(NC(=O)c1cc(F)c(F)cc1Cl)c1cc2ccccc2o1. The van der Waals surface area contributed by atoms with E-state index in [1.54, 1.807) is 6.92 Å². The maximum atomic E-state index is 13.3. The molecule has 0 spiro atoms. The van der Waals surface area contributed by atoms with Gasteiger partial charge in [-0.05, 0) is 31.2 Å². The van der Waals surface area contributed by atoms with Crippen LogP contribution in [0.25, 0.3) is 11.0 Å². The number of para-hydroxylation sites is 1. The van der Waals surface area contributed by atoms with E-state index in [0.29, 0.717) is 11.3 Å². The summed E-state index contributed by atoms with van der Waals surface area (Å²) in [5.41, 5.74) is 0.572. The van der Waals surface area contributed by atoms with Crippen LogP contribution < -0.4 is 5.32 Å². The molecule has 0 aliphatic heterocycles. The fourth-order valence-corrected chi connectivity index (χ4v) is 2.49. The minimum absolute atomic E-state index is 0.131. The Balaban J connectivity index is 1.83. The molecule has 118 valence electrons. The van der Waals surface area contributed by atoms with Crippen LogP contribution >= 0.6 is 11.6 Å². The molecule has 2 aromatic carbocycles. The maximum Gasteiger partial charge on any atom is 0.253 e. The third-order valence-electron chi connectivity index (χ3n) is 3.47. The quantitative estimate of drug-likeness (QED) is 0.695. The lowest BCUT2D eigenvalue weighted by Gasteiger charge is -2.12. The highest BCUT2D eigenvalue weighted by Crippen LogP contribution is 2.25. The fourth-order valence-electron chi connectivity index (χ4n) is 2.26. The number of nitrogens with one attached hydrogen (secondary N) is 1. The van der Waals surface area contributed by atoms with Gasteiger partial charge in [0.1, 0.15) is 11.3 Å². The van der Waals surface area contributed by atoms with Crippen LogP contribution in [-0.4, -0.2) is 5.91 Å². The molecule has 23 heavy (non-hydrogen) atoms. The molecule has 3 nitrogen and oxygen atoms in total. The summed E-state index contributed by atoms with van der Waals surface area (Å²) >= 11 is 5.80. The summed E-state index contributed by atoms with van der Waals surface area (Å²) in [6.07, 6.45) is 0. The van der Waals surface area contributed by atoms with Gasteiger partial charge in [-0.1, -0.05) is 29.8 Å². The molecule has 0 radical (unpaired) electrons. The van der Waals surface area contributed by atoms with Crippen molar-refractivity contribution in [3.63, 3.8) is 0 Å². The van der Waals surface area contributed by atoms with Gasteiger partial charge in [-0.15, -0.1) is 0 Å². The van der Waals surface area contributed by atoms with Gasteiger partial charge in [0.2, 0.25) is 0 Å². The molecule has 6 heteroatoms. The third kappa shape index (κ3) is 3.05. The van der Waals surface area contributed by atoms with E-state index in [4.69, 9.17) is 16.0 Å². The zero-order valence-corrected chi connectivity index (χ0v) is 12.8. The minimum atomic E-state index is -1.13. The Hall–Kier alpha value is -2.40. The number of furan rings is 1. The highest BCUT2D eigenvalue weighted by molar-refractivity contribution is 6.33. The maximum absolute atomic E-state index is 13.3. The Morgan fingerprint density at radius 1 is 1.17 bits per heavy atom. The number of hydrogen-bond acceptors (Lipinski definition) is 2. The first-order chi connectivity index (χ1) is 11.0. The number of rotatable bonds is 3. The molecule has 1 aromatic heterocycles. The second-order valence-electron chi connectivity index (χ2n) is 5.13. The number of carbonyl (C=O) groups excluding carboxylic acids is 1. The first kappa shape index (κ1) is 15.5. The average molecular weight is 336 g/mol. The molecule has 1 unspecified atom stereocenters. The average Bonchev–Trinajstić information content (AvgIpc) is 2.95. The minimum Gasteiger partial charge on any atom is -0.459 e. The third-order valence-corrected chi connectivity index (χ3v) is 3.79. The van der Waals surface area contributed by atoms with Gasteiger partial charge in [-0.3, -0.25) is 4.79 Å². The molecule has 0 aliphatic rings. The molecule has 1 heterocycles. The van der Waals surface area contributed by atoms with Crippen LogP contribution in [0, 0.1) is 11.6 Å². The molecule has 3 rings (SSSR count). The van der Waals surface area contributed by atoms with E-state index >= 15 is 0 Å². The van der Waals surface area contributed by atoms with Crippen molar-refractivity contribution in [1.29, 1.82) is 0 Å². The van der Waals surface area contributed by atoms with Crippen LogP contribution in [0.15, 0.2) is 46.9 Å². The molecule has 0 saturated heterocycles.